The zero-order chi connectivity index (χ0) is 18.1. The van der Waals surface area contributed by atoms with E-state index in [1.807, 2.05) is 53.4 Å². The number of hydrogen-bond donors (Lipinski definition) is 1. The molecule has 1 heterocycles. The Morgan fingerprint density at radius 3 is 2.65 bits per heavy atom. The molecule has 2 amide bonds. The molecule has 0 radical (unpaired) electrons. The predicted molar refractivity (Wildman–Crippen MR) is 103 cm³/mol. The molecule has 1 N–H and O–H groups in total. The van der Waals surface area contributed by atoms with Gasteiger partial charge in [0.15, 0.2) is 0 Å². The van der Waals surface area contributed by atoms with E-state index in [-0.39, 0.29) is 23.1 Å². The van der Waals surface area contributed by atoms with Gasteiger partial charge in [0.25, 0.3) is 0 Å². The fraction of sp³-hybridized carbons (Fsp3) is 0.300. The largest absolute Gasteiger partial charge is 0.497 e. The molecule has 2 aliphatic rings. The Kier molecular flexibility index (Phi) is 4.59. The lowest BCUT2D eigenvalue weighted by atomic mass is 10.1. The van der Waals surface area contributed by atoms with Crippen LogP contribution in [0.4, 0.5) is 11.4 Å². The van der Waals surface area contributed by atoms with Crippen LogP contribution in [0, 0.1) is 5.92 Å². The van der Waals surface area contributed by atoms with Crippen LogP contribution in [0.25, 0.3) is 0 Å². The van der Waals surface area contributed by atoms with Crippen LogP contribution < -0.4 is 15.0 Å². The van der Waals surface area contributed by atoms with Crippen molar-refractivity contribution in [3.63, 3.8) is 0 Å². The first-order valence-corrected chi connectivity index (χ1v) is 9.69. The molecule has 1 aliphatic heterocycles. The van der Waals surface area contributed by atoms with Crippen LogP contribution in [0.2, 0.25) is 0 Å². The molecule has 1 saturated carbocycles. The van der Waals surface area contributed by atoms with Gasteiger partial charge in [0.2, 0.25) is 11.8 Å². The number of anilines is 2. The molecule has 1 aliphatic carbocycles. The Labute approximate surface area is 156 Å². The van der Waals surface area contributed by atoms with Crippen LogP contribution in [0.1, 0.15) is 23.8 Å². The predicted octanol–water partition coefficient (Wildman–Crippen LogP) is 3.82. The normalized spacial score (nSPS) is 19.5. The van der Waals surface area contributed by atoms with Crippen LogP contribution in [0.15, 0.2) is 48.5 Å². The molecule has 1 unspecified atom stereocenters. The lowest BCUT2D eigenvalue weighted by molar-refractivity contribution is -0.117. The molecule has 1 atom stereocenters. The highest BCUT2D eigenvalue weighted by Gasteiger charge is 2.34. The summed E-state index contributed by atoms with van der Waals surface area (Å²) in [5.41, 5.74) is 2.64. The van der Waals surface area contributed by atoms with Crippen LogP contribution in [-0.4, -0.2) is 24.7 Å². The van der Waals surface area contributed by atoms with E-state index < -0.39 is 0 Å². The number of nitrogens with one attached hydrogen (secondary N) is 1. The van der Waals surface area contributed by atoms with Crippen molar-refractivity contribution < 1.29 is 14.3 Å². The second-order valence-corrected chi connectivity index (χ2v) is 7.58. The quantitative estimate of drug-likeness (QED) is 0.872. The fourth-order valence-electron chi connectivity index (χ4n) is 3.05. The minimum absolute atomic E-state index is 0.0811. The first-order valence-electron chi connectivity index (χ1n) is 8.64. The van der Waals surface area contributed by atoms with Gasteiger partial charge in [0.1, 0.15) is 11.1 Å². The number of benzene rings is 2. The molecule has 2 fully saturated rings. The van der Waals surface area contributed by atoms with Crippen molar-refractivity contribution in [2.24, 2.45) is 5.92 Å². The van der Waals surface area contributed by atoms with Crippen LogP contribution in [0.3, 0.4) is 0 Å². The van der Waals surface area contributed by atoms with E-state index in [0.29, 0.717) is 5.75 Å². The van der Waals surface area contributed by atoms with Gasteiger partial charge in [-0.3, -0.25) is 14.5 Å². The van der Waals surface area contributed by atoms with Gasteiger partial charge in [-0.1, -0.05) is 12.1 Å². The van der Waals surface area contributed by atoms with E-state index in [1.54, 1.807) is 18.9 Å². The second kappa shape index (κ2) is 7.03. The Morgan fingerprint density at radius 1 is 1.19 bits per heavy atom. The molecule has 0 aromatic heterocycles. The maximum Gasteiger partial charge on any atom is 0.238 e. The molecule has 0 spiro atoms. The smallest absolute Gasteiger partial charge is 0.238 e. The summed E-state index contributed by atoms with van der Waals surface area (Å²) in [4.78, 5) is 26.3. The first kappa shape index (κ1) is 17.0. The standard InChI is InChI=1S/C20H20N2O3S/c1-25-17-9-7-16(8-10-17)22-18(23)12-26-20(22)14-3-2-4-15(11-14)21-19(24)13-5-6-13/h2-4,7-11,13,20H,5-6,12H2,1H3,(H,21,24). The minimum Gasteiger partial charge on any atom is -0.497 e. The van der Waals surface area contributed by atoms with Crippen molar-refractivity contribution in [1.82, 2.24) is 0 Å². The maximum absolute atomic E-state index is 12.5. The molecule has 6 heteroatoms. The van der Waals surface area contributed by atoms with Crippen molar-refractivity contribution in [2.75, 3.05) is 23.1 Å². The van der Waals surface area contributed by atoms with Crippen molar-refractivity contribution in [2.45, 2.75) is 18.2 Å². The van der Waals surface area contributed by atoms with Gasteiger partial charge in [-0.05, 0) is 54.8 Å². The van der Waals surface area contributed by atoms with Gasteiger partial charge in [-0.15, -0.1) is 11.8 Å². The van der Waals surface area contributed by atoms with Gasteiger partial charge in [-0.2, -0.15) is 0 Å². The van der Waals surface area contributed by atoms with Gasteiger partial charge in [-0.25, -0.2) is 0 Å². The Bertz CT molecular complexity index is 833. The highest BCUT2D eigenvalue weighted by atomic mass is 32.2. The zero-order valence-electron chi connectivity index (χ0n) is 14.5. The van der Waals surface area contributed by atoms with Crippen LogP contribution in [0.5, 0.6) is 5.75 Å². The third-order valence-electron chi connectivity index (χ3n) is 4.61. The summed E-state index contributed by atoms with van der Waals surface area (Å²) in [6.45, 7) is 0. The lowest BCUT2D eigenvalue weighted by Crippen LogP contribution is -2.27. The number of methoxy groups -OCH3 is 1. The zero-order valence-corrected chi connectivity index (χ0v) is 15.3. The second-order valence-electron chi connectivity index (χ2n) is 6.51. The fourth-order valence-corrected chi connectivity index (χ4v) is 4.22. The average Bonchev–Trinajstić information content (AvgIpc) is 3.45. The van der Waals surface area contributed by atoms with E-state index in [0.717, 1.165) is 35.5 Å². The van der Waals surface area contributed by atoms with Crippen molar-refractivity contribution in [1.29, 1.82) is 0 Å². The first-order chi connectivity index (χ1) is 12.7. The maximum atomic E-state index is 12.5. The number of amides is 2. The summed E-state index contributed by atoms with van der Waals surface area (Å²) < 4.78 is 5.20. The number of hydrogen-bond acceptors (Lipinski definition) is 4. The molecule has 0 bridgehead atoms. The highest BCUT2D eigenvalue weighted by Crippen LogP contribution is 2.42. The van der Waals surface area contributed by atoms with E-state index in [2.05, 4.69) is 5.32 Å². The molecular formula is C20H20N2O3S. The minimum atomic E-state index is -0.103. The number of rotatable bonds is 5. The van der Waals surface area contributed by atoms with E-state index in [4.69, 9.17) is 4.74 Å². The summed E-state index contributed by atoms with van der Waals surface area (Å²) in [7, 11) is 1.62. The third-order valence-corrected chi connectivity index (χ3v) is 5.82. The van der Waals surface area contributed by atoms with E-state index in [9.17, 15) is 9.59 Å². The Hall–Kier alpha value is -2.47. The Morgan fingerprint density at radius 2 is 1.96 bits per heavy atom. The molecule has 26 heavy (non-hydrogen) atoms. The molecule has 1 saturated heterocycles. The van der Waals surface area contributed by atoms with Crippen LogP contribution in [-0.2, 0) is 9.59 Å². The van der Waals surface area contributed by atoms with E-state index in [1.165, 1.54) is 0 Å². The monoisotopic (exact) mass is 368 g/mol. The summed E-state index contributed by atoms with van der Waals surface area (Å²) in [5, 5.41) is 2.88. The van der Waals surface area contributed by atoms with Gasteiger partial charge >= 0.3 is 0 Å². The van der Waals surface area contributed by atoms with Gasteiger partial charge < -0.3 is 10.1 Å². The number of nitrogens with zero attached hydrogens (tertiary/aromatic N) is 1. The highest BCUT2D eigenvalue weighted by molar-refractivity contribution is 8.00. The number of thioether (sulfide) groups is 1. The summed E-state index contributed by atoms with van der Waals surface area (Å²) in [6.07, 6.45) is 1.95. The van der Waals surface area contributed by atoms with Crippen molar-refractivity contribution >= 4 is 35.0 Å². The number of ether oxygens (including phenoxy) is 1. The van der Waals surface area contributed by atoms with Crippen molar-refractivity contribution in [3.8, 4) is 5.75 Å². The molecule has 2 aromatic carbocycles. The van der Waals surface area contributed by atoms with Crippen LogP contribution >= 0.6 is 11.8 Å². The number of carbonyl (C=O) groups is 2. The van der Waals surface area contributed by atoms with Gasteiger partial charge in [0, 0.05) is 17.3 Å². The lowest BCUT2D eigenvalue weighted by Gasteiger charge is -2.25. The van der Waals surface area contributed by atoms with Gasteiger partial charge in [0.05, 0.1) is 12.9 Å². The Balaban J connectivity index is 1.58. The van der Waals surface area contributed by atoms with Crippen molar-refractivity contribution in [3.05, 3.63) is 54.1 Å². The SMILES string of the molecule is COc1ccc(N2C(=O)CSC2c2cccc(NC(=O)C3CC3)c2)cc1. The summed E-state index contributed by atoms with van der Waals surface area (Å²) >= 11 is 1.60. The molecule has 134 valence electrons. The molecular weight excluding hydrogens is 348 g/mol. The summed E-state index contributed by atoms with van der Waals surface area (Å²) in [5.74, 6) is 1.53. The number of carbonyl (C=O) groups excluding carboxylic acids is 2. The molecule has 2 aromatic rings. The summed E-state index contributed by atoms with van der Waals surface area (Å²) in [6, 6.07) is 15.3. The molecule has 4 rings (SSSR count). The average molecular weight is 368 g/mol. The third kappa shape index (κ3) is 3.42. The van der Waals surface area contributed by atoms with E-state index >= 15 is 0 Å². The molecule has 5 nitrogen and oxygen atoms in total. The topological polar surface area (TPSA) is 58.6 Å².